The predicted octanol–water partition coefficient (Wildman–Crippen LogP) is 6.04. The first-order valence-electron chi connectivity index (χ1n) is 11.9. The largest absolute Gasteiger partial charge is 0.462 e. The molecule has 4 aliphatic carbocycles. The summed E-state index contributed by atoms with van der Waals surface area (Å²) >= 11 is 0. The first-order chi connectivity index (χ1) is 14.4. The molecule has 164 valence electrons. The summed E-state index contributed by atoms with van der Waals surface area (Å²) in [6.45, 7) is 5.13. The molecule has 4 nitrogen and oxygen atoms in total. The summed E-state index contributed by atoms with van der Waals surface area (Å²) in [7, 11) is 0. The van der Waals surface area contributed by atoms with Crippen molar-refractivity contribution in [2.45, 2.75) is 71.6 Å². The van der Waals surface area contributed by atoms with Gasteiger partial charge in [-0.25, -0.2) is 9.59 Å². The summed E-state index contributed by atoms with van der Waals surface area (Å²) < 4.78 is 11.1. The number of hydrogen-bond acceptors (Lipinski definition) is 4. The van der Waals surface area contributed by atoms with Crippen molar-refractivity contribution in [2.24, 2.45) is 29.1 Å². The Labute approximate surface area is 180 Å². The monoisotopic (exact) mass is 412 g/mol. The highest BCUT2D eigenvalue weighted by Crippen LogP contribution is 2.61. The highest BCUT2D eigenvalue weighted by molar-refractivity contribution is 6.03. The Balaban J connectivity index is 1.30. The number of ether oxygens (including phenoxy) is 2. The number of rotatable bonds is 9. The normalized spacial score (nSPS) is 29.2. The molecule has 0 atom stereocenters. The number of carbonyl (C=O) groups excluding carboxylic acids is 2. The third-order valence-electron chi connectivity index (χ3n) is 7.56. The van der Waals surface area contributed by atoms with Crippen LogP contribution in [0.1, 0.15) is 92.4 Å². The lowest BCUT2D eigenvalue weighted by Gasteiger charge is -2.57. The second-order valence-electron chi connectivity index (χ2n) is 10.5. The van der Waals surface area contributed by atoms with Gasteiger partial charge in [0.2, 0.25) is 0 Å². The van der Waals surface area contributed by atoms with E-state index < -0.39 is 11.9 Å². The molecule has 5 rings (SSSR count). The zero-order valence-corrected chi connectivity index (χ0v) is 18.5. The fourth-order valence-electron chi connectivity index (χ4n) is 6.61. The van der Waals surface area contributed by atoms with Crippen molar-refractivity contribution in [1.82, 2.24) is 0 Å². The van der Waals surface area contributed by atoms with E-state index in [9.17, 15) is 9.59 Å². The molecule has 4 aliphatic rings. The van der Waals surface area contributed by atoms with Crippen molar-refractivity contribution in [3.63, 3.8) is 0 Å². The van der Waals surface area contributed by atoms with Gasteiger partial charge in [-0.05, 0) is 99.0 Å². The van der Waals surface area contributed by atoms with E-state index in [-0.39, 0.29) is 0 Å². The van der Waals surface area contributed by atoms with Gasteiger partial charge < -0.3 is 9.47 Å². The van der Waals surface area contributed by atoms with Gasteiger partial charge in [-0.3, -0.25) is 0 Å². The van der Waals surface area contributed by atoms with Gasteiger partial charge in [0.1, 0.15) is 0 Å². The molecule has 4 bridgehead atoms. The second-order valence-corrected chi connectivity index (χ2v) is 10.5. The van der Waals surface area contributed by atoms with E-state index in [0.717, 1.165) is 37.0 Å². The lowest BCUT2D eigenvalue weighted by Crippen LogP contribution is -2.46. The Hall–Kier alpha value is -1.84. The minimum atomic E-state index is -0.438. The van der Waals surface area contributed by atoms with Crippen LogP contribution in [-0.2, 0) is 9.47 Å². The van der Waals surface area contributed by atoms with Gasteiger partial charge in [-0.1, -0.05) is 26.0 Å². The maximum Gasteiger partial charge on any atom is 0.339 e. The molecule has 0 spiro atoms. The van der Waals surface area contributed by atoms with Crippen LogP contribution >= 0.6 is 0 Å². The second kappa shape index (κ2) is 9.11. The summed E-state index contributed by atoms with van der Waals surface area (Å²) in [4.78, 5) is 25.2. The molecule has 4 fully saturated rings. The first-order valence-corrected chi connectivity index (χ1v) is 11.9. The average molecular weight is 413 g/mol. The van der Waals surface area contributed by atoms with E-state index in [4.69, 9.17) is 9.47 Å². The van der Waals surface area contributed by atoms with Crippen LogP contribution in [0.2, 0.25) is 0 Å². The van der Waals surface area contributed by atoms with Crippen molar-refractivity contribution in [3.05, 3.63) is 35.4 Å². The molecule has 0 unspecified atom stereocenters. The van der Waals surface area contributed by atoms with Gasteiger partial charge in [0.25, 0.3) is 0 Å². The summed E-state index contributed by atoms with van der Waals surface area (Å²) in [5, 5.41) is 0. The molecule has 1 aromatic carbocycles. The molecule has 0 aliphatic heterocycles. The Morgan fingerprint density at radius 2 is 1.40 bits per heavy atom. The standard InChI is InChI=1S/C26H36O4/c1-18(2)6-5-10-29-24(27)22-7-3-4-8-23(22)25(28)30-11-9-26-15-19-12-20(16-26)14-21(13-19)17-26/h3-4,7-8,18-21H,5-6,9-17H2,1-2H3. The van der Waals surface area contributed by atoms with Crippen molar-refractivity contribution < 1.29 is 19.1 Å². The van der Waals surface area contributed by atoms with E-state index in [1.807, 2.05) is 0 Å². The maximum atomic E-state index is 12.7. The molecule has 0 aromatic heterocycles. The van der Waals surface area contributed by atoms with E-state index in [0.29, 0.717) is 35.7 Å². The fraction of sp³-hybridized carbons (Fsp3) is 0.692. The van der Waals surface area contributed by atoms with Crippen LogP contribution in [-0.4, -0.2) is 25.2 Å². The fourth-order valence-corrected chi connectivity index (χ4v) is 6.61. The maximum absolute atomic E-state index is 12.7. The third-order valence-corrected chi connectivity index (χ3v) is 7.56. The van der Waals surface area contributed by atoms with Crippen LogP contribution in [0.5, 0.6) is 0 Å². The predicted molar refractivity (Wildman–Crippen MR) is 116 cm³/mol. The lowest BCUT2D eigenvalue weighted by molar-refractivity contribution is -0.0653. The van der Waals surface area contributed by atoms with Crippen LogP contribution < -0.4 is 0 Å². The van der Waals surface area contributed by atoms with Crippen LogP contribution in [0.4, 0.5) is 0 Å². The zero-order chi connectivity index (χ0) is 21.1. The first kappa shape index (κ1) is 21.4. The SMILES string of the molecule is CC(C)CCCOC(=O)c1ccccc1C(=O)OCCC12CC3CC(CC(C3)C1)C2. The van der Waals surface area contributed by atoms with Crippen LogP contribution in [0.25, 0.3) is 0 Å². The Bertz CT molecular complexity index is 731. The Morgan fingerprint density at radius 3 is 1.90 bits per heavy atom. The minimum Gasteiger partial charge on any atom is -0.462 e. The van der Waals surface area contributed by atoms with E-state index in [1.165, 1.54) is 38.5 Å². The van der Waals surface area contributed by atoms with Crippen LogP contribution in [0.3, 0.4) is 0 Å². The number of hydrogen-bond donors (Lipinski definition) is 0. The van der Waals surface area contributed by atoms with E-state index in [1.54, 1.807) is 24.3 Å². The molecule has 4 heteroatoms. The summed E-state index contributed by atoms with van der Waals surface area (Å²) in [5.74, 6) is 2.44. The summed E-state index contributed by atoms with van der Waals surface area (Å²) in [5.41, 5.74) is 1.02. The highest BCUT2D eigenvalue weighted by atomic mass is 16.5. The van der Waals surface area contributed by atoms with Gasteiger partial charge in [0.05, 0.1) is 24.3 Å². The topological polar surface area (TPSA) is 52.6 Å². The van der Waals surface area contributed by atoms with Crippen molar-refractivity contribution in [3.8, 4) is 0 Å². The molecule has 1 aromatic rings. The number of esters is 2. The molecular weight excluding hydrogens is 376 g/mol. The van der Waals surface area contributed by atoms with Crippen molar-refractivity contribution >= 4 is 11.9 Å². The molecular formula is C26H36O4. The van der Waals surface area contributed by atoms with E-state index >= 15 is 0 Å². The summed E-state index contributed by atoms with van der Waals surface area (Å²) in [6, 6.07) is 6.85. The highest BCUT2D eigenvalue weighted by Gasteiger charge is 2.50. The molecule has 4 saturated carbocycles. The molecule has 0 N–H and O–H groups in total. The third kappa shape index (κ3) is 4.90. The van der Waals surface area contributed by atoms with Crippen molar-refractivity contribution in [2.75, 3.05) is 13.2 Å². The lowest BCUT2D eigenvalue weighted by atomic mass is 9.49. The van der Waals surface area contributed by atoms with E-state index in [2.05, 4.69) is 13.8 Å². The molecule has 0 heterocycles. The van der Waals surface area contributed by atoms with Gasteiger partial charge in [0, 0.05) is 0 Å². The molecule has 0 amide bonds. The molecule has 0 radical (unpaired) electrons. The smallest absolute Gasteiger partial charge is 0.339 e. The van der Waals surface area contributed by atoms with Crippen molar-refractivity contribution in [1.29, 1.82) is 0 Å². The van der Waals surface area contributed by atoms with Gasteiger partial charge >= 0.3 is 11.9 Å². The molecule has 0 saturated heterocycles. The average Bonchev–Trinajstić information content (AvgIpc) is 2.69. The van der Waals surface area contributed by atoms with Crippen LogP contribution in [0.15, 0.2) is 24.3 Å². The minimum absolute atomic E-state index is 0.307. The van der Waals surface area contributed by atoms with Crippen LogP contribution in [0, 0.1) is 29.1 Å². The quantitative estimate of drug-likeness (QED) is 0.366. The molecule has 30 heavy (non-hydrogen) atoms. The van der Waals surface area contributed by atoms with Gasteiger partial charge in [0.15, 0.2) is 0 Å². The van der Waals surface area contributed by atoms with Gasteiger partial charge in [-0.2, -0.15) is 0 Å². The summed E-state index contributed by atoms with van der Waals surface area (Å²) in [6.07, 6.45) is 11.0. The number of carbonyl (C=O) groups is 2. The zero-order valence-electron chi connectivity index (χ0n) is 18.5. The Kier molecular flexibility index (Phi) is 6.50. The van der Waals surface area contributed by atoms with Gasteiger partial charge in [-0.15, -0.1) is 0 Å². The Morgan fingerprint density at radius 1 is 0.900 bits per heavy atom. The number of benzene rings is 1.